The van der Waals surface area contributed by atoms with Crippen LogP contribution in [0.1, 0.15) is 11.5 Å². The summed E-state index contributed by atoms with van der Waals surface area (Å²) >= 11 is 0. The zero-order chi connectivity index (χ0) is 14.8. The van der Waals surface area contributed by atoms with Gasteiger partial charge in [-0.3, -0.25) is 0 Å². The average Bonchev–Trinajstić information content (AvgIpc) is 2.87. The molecule has 0 amide bonds. The van der Waals surface area contributed by atoms with Gasteiger partial charge in [-0.15, -0.1) is 0 Å². The Labute approximate surface area is 119 Å². The molecule has 3 rings (SSSR count). The Morgan fingerprint density at radius 2 is 1.90 bits per heavy atom. The molecule has 0 aliphatic rings. The van der Waals surface area contributed by atoms with E-state index >= 15 is 0 Å². The number of fused-ring (bicyclic) bond motifs is 1. The molecule has 2 heterocycles. The number of furan rings is 1. The van der Waals surface area contributed by atoms with E-state index in [4.69, 9.17) is 25.4 Å². The Morgan fingerprint density at radius 3 is 2.67 bits per heavy atom. The van der Waals surface area contributed by atoms with Crippen LogP contribution in [0.3, 0.4) is 0 Å². The maximum atomic E-state index is 9.13. The van der Waals surface area contributed by atoms with Crippen LogP contribution in [0, 0.1) is 22.7 Å². The van der Waals surface area contributed by atoms with Crippen molar-refractivity contribution in [3.8, 4) is 23.8 Å². The van der Waals surface area contributed by atoms with Gasteiger partial charge in [0, 0.05) is 6.07 Å². The van der Waals surface area contributed by atoms with Gasteiger partial charge < -0.3 is 14.9 Å². The number of nitrogen functional groups attached to an aromatic ring is 1. The lowest BCUT2D eigenvalue weighted by Crippen LogP contribution is -1.96. The number of anilines is 1. The van der Waals surface area contributed by atoms with Gasteiger partial charge in [-0.1, -0.05) is 12.1 Å². The van der Waals surface area contributed by atoms with E-state index in [-0.39, 0.29) is 28.8 Å². The largest absolute Gasteiger partial charge is 0.442 e. The monoisotopic (exact) mass is 276 g/mol. The smallest absolute Gasteiger partial charge is 0.247 e. The first kappa shape index (κ1) is 12.5. The maximum absolute atomic E-state index is 9.13. The zero-order valence-corrected chi connectivity index (χ0v) is 10.7. The molecule has 100 valence electrons. The molecular formula is C15H8N4O2. The molecule has 0 spiro atoms. The maximum Gasteiger partial charge on any atom is 0.247 e. The lowest BCUT2D eigenvalue weighted by molar-refractivity contribution is 0.450. The number of nitrogens with zero attached hydrogens (tertiary/aromatic N) is 3. The van der Waals surface area contributed by atoms with Crippen molar-refractivity contribution in [2.75, 3.05) is 5.73 Å². The number of ether oxygens (including phenoxy) is 1. The molecule has 0 bridgehead atoms. The summed E-state index contributed by atoms with van der Waals surface area (Å²) in [5.74, 6) is 0.492. The summed E-state index contributed by atoms with van der Waals surface area (Å²) in [5, 5.41) is 18.7. The summed E-state index contributed by atoms with van der Waals surface area (Å²) in [6.07, 6.45) is 0. The predicted molar refractivity (Wildman–Crippen MR) is 74.4 cm³/mol. The van der Waals surface area contributed by atoms with Gasteiger partial charge in [0.25, 0.3) is 0 Å². The van der Waals surface area contributed by atoms with E-state index in [1.54, 1.807) is 18.2 Å². The fourth-order valence-corrected chi connectivity index (χ4v) is 1.90. The minimum atomic E-state index is 0.0494. The molecule has 2 aromatic heterocycles. The Kier molecular flexibility index (Phi) is 2.91. The van der Waals surface area contributed by atoms with Crippen LogP contribution in [0.2, 0.25) is 0 Å². The van der Waals surface area contributed by atoms with E-state index in [1.165, 1.54) is 12.1 Å². The number of nitriles is 2. The molecule has 6 nitrogen and oxygen atoms in total. The number of para-hydroxylation sites is 1. The first-order valence-corrected chi connectivity index (χ1v) is 5.99. The lowest BCUT2D eigenvalue weighted by atomic mass is 10.2. The molecule has 1 aromatic carbocycles. The Balaban J connectivity index is 2.10. The molecular weight excluding hydrogens is 268 g/mol. The Morgan fingerprint density at radius 1 is 1.10 bits per heavy atom. The molecule has 2 N–H and O–H groups in total. The van der Waals surface area contributed by atoms with E-state index in [0.29, 0.717) is 11.0 Å². The first-order chi connectivity index (χ1) is 10.2. The minimum Gasteiger partial charge on any atom is -0.442 e. The first-order valence-electron chi connectivity index (χ1n) is 5.99. The Hall–Kier alpha value is -3.51. The lowest BCUT2D eigenvalue weighted by Gasteiger charge is -2.04. The van der Waals surface area contributed by atoms with Gasteiger partial charge in [0.15, 0.2) is 11.4 Å². The SMILES string of the molecule is N#Cc1nc(Oc2c(C#N)oc3ccccc23)ccc1N. The molecule has 0 atom stereocenters. The number of aromatic nitrogens is 1. The van der Waals surface area contributed by atoms with E-state index < -0.39 is 0 Å². The fourth-order valence-electron chi connectivity index (χ4n) is 1.90. The van der Waals surface area contributed by atoms with Crippen molar-refractivity contribution in [1.29, 1.82) is 10.5 Å². The summed E-state index contributed by atoms with van der Waals surface area (Å²) < 4.78 is 11.0. The predicted octanol–water partition coefficient (Wildman–Crippen LogP) is 2.95. The van der Waals surface area contributed by atoms with Crippen LogP contribution < -0.4 is 10.5 Å². The van der Waals surface area contributed by atoms with Crippen LogP contribution in [-0.2, 0) is 0 Å². The normalized spacial score (nSPS) is 10.0. The summed E-state index contributed by atoms with van der Waals surface area (Å²) in [6.45, 7) is 0. The number of nitrogens with two attached hydrogens (primary N) is 1. The number of pyridine rings is 1. The highest BCUT2D eigenvalue weighted by molar-refractivity contribution is 5.86. The minimum absolute atomic E-state index is 0.0494. The molecule has 0 radical (unpaired) electrons. The van der Waals surface area contributed by atoms with Gasteiger partial charge in [-0.25, -0.2) is 4.98 Å². The fraction of sp³-hybridized carbons (Fsp3) is 0. The topological polar surface area (TPSA) is 109 Å². The van der Waals surface area contributed by atoms with E-state index in [9.17, 15) is 0 Å². The molecule has 0 fully saturated rings. The zero-order valence-electron chi connectivity index (χ0n) is 10.7. The third kappa shape index (κ3) is 2.11. The van der Waals surface area contributed by atoms with Crippen molar-refractivity contribution < 1.29 is 9.15 Å². The molecule has 0 saturated heterocycles. The van der Waals surface area contributed by atoms with Crippen molar-refractivity contribution in [3.05, 3.63) is 47.9 Å². The van der Waals surface area contributed by atoms with Gasteiger partial charge >= 0.3 is 0 Å². The third-order valence-corrected chi connectivity index (χ3v) is 2.86. The second-order valence-electron chi connectivity index (χ2n) is 4.17. The average molecular weight is 276 g/mol. The molecule has 0 aliphatic carbocycles. The molecule has 0 unspecified atom stereocenters. The van der Waals surface area contributed by atoms with E-state index in [2.05, 4.69) is 4.98 Å². The molecule has 0 saturated carbocycles. The van der Waals surface area contributed by atoms with Gasteiger partial charge in [0.05, 0.1) is 11.1 Å². The standard InChI is InChI=1S/C15H8N4O2/c16-7-11-10(18)5-6-14(19-11)21-15-9-3-1-2-4-12(9)20-13(15)8-17/h1-6H,18H2. The summed E-state index contributed by atoms with van der Waals surface area (Å²) in [7, 11) is 0. The third-order valence-electron chi connectivity index (χ3n) is 2.86. The second kappa shape index (κ2) is 4.87. The van der Waals surface area contributed by atoms with Gasteiger partial charge in [0.1, 0.15) is 17.7 Å². The quantitative estimate of drug-likeness (QED) is 0.770. The second-order valence-corrected chi connectivity index (χ2v) is 4.17. The summed E-state index contributed by atoms with van der Waals surface area (Å²) in [5.41, 5.74) is 6.48. The summed E-state index contributed by atoms with van der Waals surface area (Å²) in [6, 6.07) is 14.0. The van der Waals surface area contributed by atoms with Crippen molar-refractivity contribution >= 4 is 16.7 Å². The van der Waals surface area contributed by atoms with Gasteiger partial charge in [-0.05, 0) is 18.2 Å². The van der Waals surface area contributed by atoms with Crippen LogP contribution in [0.15, 0.2) is 40.8 Å². The number of hydrogen-bond donors (Lipinski definition) is 1. The van der Waals surface area contributed by atoms with Gasteiger partial charge in [-0.2, -0.15) is 10.5 Å². The highest BCUT2D eigenvalue weighted by atomic mass is 16.5. The molecule has 3 aromatic rings. The van der Waals surface area contributed by atoms with Gasteiger partial charge in [0.2, 0.25) is 11.6 Å². The van der Waals surface area contributed by atoms with Crippen molar-refractivity contribution in [2.45, 2.75) is 0 Å². The summed E-state index contributed by atoms with van der Waals surface area (Å²) in [4.78, 5) is 3.99. The van der Waals surface area contributed by atoms with Crippen molar-refractivity contribution in [2.24, 2.45) is 0 Å². The highest BCUT2D eigenvalue weighted by Crippen LogP contribution is 2.35. The molecule has 0 aliphatic heterocycles. The molecule has 6 heteroatoms. The highest BCUT2D eigenvalue weighted by Gasteiger charge is 2.16. The molecule has 21 heavy (non-hydrogen) atoms. The van der Waals surface area contributed by atoms with Crippen molar-refractivity contribution in [3.63, 3.8) is 0 Å². The van der Waals surface area contributed by atoms with E-state index in [0.717, 1.165) is 0 Å². The Bertz CT molecular complexity index is 916. The van der Waals surface area contributed by atoms with E-state index in [1.807, 2.05) is 18.2 Å². The van der Waals surface area contributed by atoms with Crippen LogP contribution >= 0.6 is 0 Å². The number of hydrogen-bond acceptors (Lipinski definition) is 6. The number of rotatable bonds is 2. The van der Waals surface area contributed by atoms with Crippen LogP contribution in [-0.4, -0.2) is 4.98 Å². The number of benzene rings is 1. The van der Waals surface area contributed by atoms with Crippen LogP contribution in [0.25, 0.3) is 11.0 Å². The van der Waals surface area contributed by atoms with Crippen LogP contribution in [0.5, 0.6) is 11.6 Å². The van der Waals surface area contributed by atoms with Crippen molar-refractivity contribution in [1.82, 2.24) is 4.98 Å². The van der Waals surface area contributed by atoms with Crippen LogP contribution in [0.4, 0.5) is 5.69 Å².